The molecule has 0 aliphatic rings. The highest BCUT2D eigenvalue weighted by atomic mass is 16.5. The lowest BCUT2D eigenvalue weighted by Gasteiger charge is -2.38. The van der Waals surface area contributed by atoms with E-state index in [9.17, 15) is 19.8 Å². The standard InChI is InChI=1S/C32H48N2O5/c1-6-9-17-32(7-2,8-3)34-28(16-15-24-13-11-10-12-14-24)27-21-29(39-5)25(18-23(27)4)22-33-26(19-30(35)36)20-31(37)38/h10-14,18,21,26,28,33-34H,6-9,15-17,19-20,22H2,1-5H3,(H,35,36)(H,37,38)/t28-/m1/s1. The molecule has 0 aromatic heterocycles. The second-order valence-electron chi connectivity index (χ2n) is 10.6. The van der Waals surface area contributed by atoms with Crippen LogP contribution in [0.2, 0.25) is 0 Å². The third-order valence-electron chi connectivity index (χ3n) is 7.88. The first kappa shape index (κ1) is 32.3. The van der Waals surface area contributed by atoms with Crippen LogP contribution in [0.25, 0.3) is 0 Å². The van der Waals surface area contributed by atoms with Crippen molar-refractivity contribution in [3.8, 4) is 5.75 Å². The van der Waals surface area contributed by atoms with Gasteiger partial charge in [-0.25, -0.2) is 0 Å². The summed E-state index contributed by atoms with van der Waals surface area (Å²) in [6.07, 6.45) is 6.96. The maximum atomic E-state index is 11.2. The van der Waals surface area contributed by atoms with E-state index in [1.165, 1.54) is 17.5 Å². The van der Waals surface area contributed by atoms with Crippen molar-refractivity contribution in [1.82, 2.24) is 10.6 Å². The van der Waals surface area contributed by atoms with Crippen LogP contribution in [0.5, 0.6) is 5.75 Å². The number of carboxylic acids is 2. The fourth-order valence-electron chi connectivity index (χ4n) is 5.39. The zero-order valence-electron chi connectivity index (χ0n) is 24.4. The average Bonchev–Trinajstić information content (AvgIpc) is 2.92. The summed E-state index contributed by atoms with van der Waals surface area (Å²) in [5.74, 6) is -1.35. The van der Waals surface area contributed by atoms with E-state index in [0.29, 0.717) is 12.3 Å². The molecule has 0 saturated carbocycles. The Morgan fingerprint density at radius 2 is 1.64 bits per heavy atom. The van der Waals surface area contributed by atoms with Gasteiger partial charge in [-0.15, -0.1) is 0 Å². The molecule has 0 aliphatic carbocycles. The first-order chi connectivity index (χ1) is 18.7. The molecule has 0 aliphatic heterocycles. The van der Waals surface area contributed by atoms with Crippen molar-refractivity contribution < 1.29 is 24.5 Å². The van der Waals surface area contributed by atoms with Gasteiger partial charge in [0.1, 0.15) is 5.75 Å². The van der Waals surface area contributed by atoms with Crippen LogP contribution in [0.4, 0.5) is 0 Å². The van der Waals surface area contributed by atoms with E-state index in [1.807, 2.05) is 6.07 Å². The Kier molecular flexibility index (Phi) is 13.5. The SMILES string of the molecule is CCCCC(CC)(CC)N[C@H](CCc1ccccc1)c1cc(OC)c(CNC(CC(=O)O)CC(=O)O)cc1C. The molecule has 7 heteroatoms. The molecule has 0 heterocycles. The molecule has 2 rings (SSSR count). The number of rotatable bonds is 19. The highest BCUT2D eigenvalue weighted by Gasteiger charge is 2.30. The summed E-state index contributed by atoms with van der Waals surface area (Å²) in [6, 6.07) is 14.2. The average molecular weight is 541 g/mol. The van der Waals surface area contributed by atoms with Gasteiger partial charge in [-0.1, -0.05) is 70.0 Å². The van der Waals surface area contributed by atoms with Crippen LogP contribution in [0, 0.1) is 6.92 Å². The number of ether oxygens (including phenoxy) is 1. The number of methoxy groups -OCH3 is 1. The van der Waals surface area contributed by atoms with Crippen molar-refractivity contribution in [1.29, 1.82) is 0 Å². The number of carbonyl (C=O) groups is 2. The number of nitrogens with one attached hydrogen (secondary N) is 2. The van der Waals surface area contributed by atoms with Crippen LogP contribution < -0.4 is 15.4 Å². The Labute approximate surface area is 234 Å². The largest absolute Gasteiger partial charge is 0.496 e. The predicted octanol–water partition coefficient (Wildman–Crippen LogP) is 6.42. The van der Waals surface area contributed by atoms with Gasteiger partial charge in [0.2, 0.25) is 0 Å². The summed E-state index contributed by atoms with van der Waals surface area (Å²) in [4.78, 5) is 22.5. The summed E-state index contributed by atoms with van der Waals surface area (Å²) < 4.78 is 5.80. The van der Waals surface area contributed by atoms with Gasteiger partial charge in [0.15, 0.2) is 0 Å². The van der Waals surface area contributed by atoms with E-state index >= 15 is 0 Å². The third kappa shape index (κ3) is 10.3. The second-order valence-corrected chi connectivity index (χ2v) is 10.6. The molecular formula is C32H48N2O5. The van der Waals surface area contributed by atoms with Crippen molar-refractivity contribution in [2.75, 3.05) is 7.11 Å². The Morgan fingerprint density at radius 3 is 2.18 bits per heavy atom. The van der Waals surface area contributed by atoms with Crippen LogP contribution in [0.3, 0.4) is 0 Å². The third-order valence-corrected chi connectivity index (χ3v) is 7.88. The Morgan fingerprint density at radius 1 is 1.00 bits per heavy atom. The van der Waals surface area contributed by atoms with Gasteiger partial charge in [0.25, 0.3) is 0 Å². The maximum absolute atomic E-state index is 11.2. The quantitative estimate of drug-likeness (QED) is 0.163. The highest BCUT2D eigenvalue weighted by Crippen LogP contribution is 2.34. The number of aryl methyl sites for hydroxylation is 2. The molecule has 4 N–H and O–H groups in total. The smallest absolute Gasteiger partial charge is 0.304 e. The van der Waals surface area contributed by atoms with E-state index in [1.54, 1.807) is 7.11 Å². The normalized spacial score (nSPS) is 12.5. The van der Waals surface area contributed by atoms with Crippen molar-refractivity contribution in [3.05, 3.63) is 64.7 Å². The van der Waals surface area contributed by atoms with Crippen molar-refractivity contribution in [2.24, 2.45) is 0 Å². The molecule has 216 valence electrons. The summed E-state index contributed by atoms with van der Waals surface area (Å²) in [7, 11) is 1.64. The lowest BCUT2D eigenvalue weighted by molar-refractivity contribution is -0.139. The minimum atomic E-state index is -1.03. The number of aliphatic carboxylic acids is 2. The van der Waals surface area contributed by atoms with E-state index in [2.05, 4.69) is 74.7 Å². The van der Waals surface area contributed by atoms with Gasteiger partial charge in [0, 0.05) is 29.7 Å². The van der Waals surface area contributed by atoms with Crippen molar-refractivity contribution in [3.63, 3.8) is 0 Å². The second kappa shape index (κ2) is 16.3. The van der Waals surface area contributed by atoms with Gasteiger partial charge < -0.3 is 25.6 Å². The molecule has 39 heavy (non-hydrogen) atoms. The van der Waals surface area contributed by atoms with E-state index in [0.717, 1.165) is 49.7 Å². The molecular weight excluding hydrogens is 492 g/mol. The molecule has 0 unspecified atom stereocenters. The van der Waals surface area contributed by atoms with Crippen LogP contribution in [-0.4, -0.2) is 40.8 Å². The fourth-order valence-corrected chi connectivity index (χ4v) is 5.39. The lowest BCUT2D eigenvalue weighted by atomic mass is 9.84. The zero-order chi connectivity index (χ0) is 28.8. The van der Waals surface area contributed by atoms with Gasteiger partial charge in [0.05, 0.1) is 20.0 Å². The minimum absolute atomic E-state index is 0.0537. The van der Waals surface area contributed by atoms with Crippen LogP contribution in [-0.2, 0) is 22.6 Å². The summed E-state index contributed by atoms with van der Waals surface area (Å²) in [5, 5.41) is 25.6. The van der Waals surface area contributed by atoms with E-state index in [4.69, 9.17) is 4.74 Å². The van der Waals surface area contributed by atoms with E-state index < -0.39 is 18.0 Å². The molecule has 7 nitrogen and oxygen atoms in total. The maximum Gasteiger partial charge on any atom is 0.304 e. The van der Waals surface area contributed by atoms with Crippen LogP contribution in [0.1, 0.15) is 100 Å². The van der Waals surface area contributed by atoms with Crippen LogP contribution in [0.15, 0.2) is 42.5 Å². The van der Waals surface area contributed by atoms with Crippen molar-refractivity contribution in [2.45, 2.75) is 110 Å². The molecule has 1 atom stereocenters. The van der Waals surface area contributed by atoms with Crippen molar-refractivity contribution >= 4 is 11.9 Å². The van der Waals surface area contributed by atoms with Gasteiger partial charge in [-0.3, -0.25) is 9.59 Å². The molecule has 2 aromatic rings. The topological polar surface area (TPSA) is 108 Å². The van der Waals surface area contributed by atoms with Gasteiger partial charge in [-0.05, 0) is 61.8 Å². The molecule has 0 radical (unpaired) electrons. The molecule has 0 amide bonds. The Balaban J connectivity index is 2.39. The Bertz CT molecular complexity index is 1020. The Hall–Kier alpha value is -2.90. The first-order valence-corrected chi connectivity index (χ1v) is 14.3. The molecule has 0 bridgehead atoms. The number of hydrogen-bond acceptors (Lipinski definition) is 5. The monoisotopic (exact) mass is 540 g/mol. The number of carboxylic acid groups (broad SMARTS) is 2. The molecule has 2 aromatic carbocycles. The summed E-state index contributed by atoms with van der Waals surface area (Å²) in [5.41, 5.74) is 4.57. The number of hydrogen-bond donors (Lipinski definition) is 4. The lowest BCUT2D eigenvalue weighted by Crippen LogP contribution is -2.46. The fraction of sp³-hybridized carbons (Fsp3) is 0.562. The highest BCUT2D eigenvalue weighted by molar-refractivity contribution is 5.71. The number of unbranched alkanes of at least 4 members (excludes halogenated alkanes) is 1. The zero-order valence-corrected chi connectivity index (χ0v) is 24.4. The predicted molar refractivity (Wildman–Crippen MR) is 156 cm³/mol. The molecule has 0 spiro atoms. The van der Waals surface area contributed by atoms with Gasteiger partial charge >= 0.3 is 11.9 Å². The summed E-state index contributed by atoms with van der Waals surface area (Å²) >= 11 is 0. The molecule has 0 saturated heterocycles. The van der Waals surface area contributed by atoms with Gasteiger partial charge in [-0.2, -0.15) is 0 Å². The van der Waals surface area contributed by atoms with Crippen LogP contribution >= 0.6 is 0 Å². The number of benzene rings is 2. The first-order valence-electron chi connectivity index (χ1n) is 14.3. The molecule has 0 fully saturated rings. The minimum Gasteiger partial charge on any atom is -0.496 e. The van der Waals surface area contributed by atoms with E-state index in [-0.39, 0.29) is 24.4 Å². The summed E-state index contributed by atoms with van der Waals surface area (Å²) in [6.45, 7) is 9.21.